The maximum absolute atomic E-state index is 9.51. The van der Waals surface area contributed by atoms with Crippen LogP contribution in [0.2, 0.25) is 0 Å². The van der Waals surface area contributed by atoms with Gasteiger partial charge in [-0.2, -0.15) is 0 Å². The van der Waals surface area contributed by atoms with E-state index in [2.05, 4.69) is 24.1 Å². The van der Waals surface area contributed by atoms with Crippen LogP contribution in [0.1, 0.15) is 26.7 Å². The molecule has 2 N–H and O–H groups in total. The van der Waals surface area contributed by atoms with E-state index in [1.165, 1.54) is 12.8 Å². The number of rotatable bonds is 9. The molecular weight excluding hydrogens is 204 g/mol. The Labute approximate surface area is 99.0 Å². The second-order valence-corrected chi connectivity index (χ2v) is 5.00. The van der Waals surface area contributed by atoms with E-state index in [1.54, 1.807) is 7.11 Å². The van der Waals surface area contributed by atoms with Crippen molar-refractivity contribution >= 4 is 0 Å². The zero-order valence-electron chi connectivity index (χ0n) is 10.8. The van der Waals surface area contributed by atoms with Gasteiger partial charge in [-0.3, -0.25) is 4.90 Å². The highest BCUT2D eigenvalue weighted by Gasteiger charge is 2.33. The number of nitrogens with one attached hydrogen (secondary N) is 1. The van der Waals surface area contributed by atoms with E-state index in [9.17, 15) is 5.11 Å². The van der Waals surface area contributed by atoms with E-state index >= 15 is 0 Å². The monoisotopic (exact) mass is 230 g/mol. The Morgan fingerprint density at radius 1 is 1.50 bits per heavy atom. The lowest BCUT2D eigenvalue weighted by Gasteiger charge is -2.34. The molecule has 4 nitrogen and oxygen atoms in total. The summed E-state index contributed by atoms with van der Waals surface area (Å²) in [7, 11) is 1.72. The van der Waals surface area contributed by atoms with Crippen molar-refractivity contribution in [2.75, 3.05) is 40.0 Å². The Morgan fingerprint density at radius 2 is 2.19 bits per heavy atom. The molecule has 0 spiro atoms. The number of aliphatic hydroxyl groups excluding tert-OH is 1. The first-order valence-electron chi connectivity index (χ1n) is 6.23. The van der Waals surface area contributed by atoms with E-state index in [0.29, 0.717) is 6.04 Å². The van der Waals surface area contributed by atoms with Gasteiger partial charge in [0.25, 0.3) is 0 Å². The topological polar surface area (TPSA) is 44.7 Å². The fraction of sp³-hybridized carbons (Fsp3) is 1.00. The van der Waals surface area contributed by atoms with Gasteiger partial charge in [-0.1, -0.05) is 6.92 Å². The predicted octanol–water partition coefficient (Wildman–Crippen LogP) is 0.458. The lowest BCUT2D eigenvalue weighted by Crippen LogP contribution is -2.55. The van der Waals surface area contributed by atoms with Crippen molar-refractivity contribution in [3.05, 3.63) is 0 Å². The van der Waals surface area contributed by atoms with Gasteiger partial charge in [-0.25, -0.2) is 0 Å². The Kier molecular flexibility index (Phi) is 5.69. The molecule has 16 heavy (non-hydrogen) atoms. The molecule has 1 aliphatic rings. The van der Waals surface area contributed by atoms with Crippen LogP contribution >= 0.6 is 0 Å². The maximum atomic E-state index is 9.51. The van der Waals surface area contributed by atoms with Crippen molar-refractivity contribution < 1.29 is 9.84 Å². The predicted molar refractivity (Wildman–Crippen MR) is 65.6 cm³/mol. The van der Waals surface area contributed by atoms with Crippen LogP contribution in [-0.2, 0) is 4.74 Å². The number of aliphatic hydroxyl groups is 1. The van der Waals surface area contributed by atoms with Crippen LogP contribution in [0.3, 0.4) is 0 Å². The van der Waals surface area contributed by atoms with Crippen molar-refractivity contribution in [1.29, 1.82) is 0 Å². The molecule has 1 atom stereocenters. The number of hydrogen-bond donors (Lipinski definition) is 2. The highest BCUT2D eigenvalue weighted by molar-refractivity contribution is 4.94. The molecule has 0 bridgehead atoms. The summed E-state index contributed by atoms with van der Waals surface area (Å²) in [5, 5.41) is 13.0. The van der Waals surface area contributed by atoms with Gasteiger partial charge >= 0.3 is 0 Å². The average Bonchev–Trinajstić information content (AvgIpc) is 3.08. The molecule has 0 saturated heterocycles. The highest BCUT2D eigenvalue weighted by Crippen LogP contribution is 2.22. The van der Waals surface area contributed by atoms with Gasteiger partial charge in [0.15, 0.2) is 0 Å². The molecule has 0 aliphatic heterocycles. The molecule has 4 heteroatoms. The Hall–Kier alpha value is -0.160. The highest BCUT2D eigenvalue weighted by atomic mass is 16.5. The third kappa shape index (κ3) is 4.78. The third-order valence-electron chi connectivity index (χ3n) is 3.11. The Morgan fingerprint density at radius 3 is 2.62 bits per heavy atom. The van der Waals surface area contributed by atoms with Crippen LogP contribution < -0.4 is 5.32 Å². The first-order valence-corrected chi connectivity index (χ1v) is 6.23. The standard InChI is InChI=1S/C12H26N2O2/c1-4-14(7-8-16-3)9-12(2,10-15)13-11-5-6-11/h11,13,15H,4-10H2,1-3H3. The summed E-state index contributed by atoms with van der Waals surface area (Å²) in [6.07, 6.45) is 2.50. The summed E-state index contributed by atoms with van der Waals surface area (Å²) in [5.74, 6) is 0. The van der Waals surface area contributed by atoms with Gasteiger partial charge in [0.2, 0.25) is 0 Å². The molecule has 0 aromatic rings. The van der Waals surface area contributed by atoms with Gasteiger partial charge in [-0.15, -0.1) is 0 Å². The van der Waals surface area contributed by atoms with E-state index in [-0.39, 0.29) is 12.1 Å². The zero-order valence-corrected chi connectivity index (χ0v) is 10.8. The molecular formula is C12H26N2O2. The summed E-state index contributed by atoms with van der Waals surface area (Å²) < 4.78 is 5.09. The Bertz CT molecular complexity index is 197. The van der Waals surface area contributed by atoms with Gasteiger partial charge in [0, 0.05) is 26.2 Å². The quantitative estimate of drug-likeness (QED) is 0.604. The number of nitrogens with zero attached hydrogens (tertiary/aromatic N) is 1. The largest absolute Gasteiger partial charge is 0.394 e. The van der Waals surface area contributed by atoms with Gasteiger partial charge < -0.3 is 15.2 Å². The van der Waals surface area contributed by atoms with Crippen molar-refractivity contribution in [2.45, 2.75) is 38.3 Å². The molecule has 1 unspecified atom stereocenters. The van der Waals surface area contributed by atoms with Crippen LogP contribution in [0.4, 0.5) is 0 Å². The molecule has 0 aromatic heterocycles. The van der Waals surface area contributed by atoms with Crippen LogP contribution in [0, 0.1) is 0 Å². The average molecular weight is 230 g/mol. The molecule has 96 valence electrons. The SMILES string of the molecule is CCN(CCOC)CC(C)(CO)NC1CC1. The van der Waals surface area contributed by atoms with Crippen molar-refractivity contribution in [2.24, 2.45) is 0 Å². The number of hydrogen-bond acceptors (Lipinski definition) is 4. The number of likely N-dealkylation sites (N-methyl/N-ethyl adjacent to an activating group) is 1. The Balaban J connectivity index is 2.37. The molecule has 1 saturated carbocycles. The van der Waals surface area contributed by atoms with Gasteiger partial charge in [-0.05, 0) is 26.3 Å². The second-order valence-electron chi connectivity index (χ2n) is 5.00. The van der Waals surface area contributed by atoms with Crippen LogP contribution in [-0.4, -0.2) is 61.5 Å². The minimum atomic E-state index is -0.176. The van der Waals surface area contributed by atoms with E-state index in [0.717, 1.165) is 26.2 Å². The normalized spacial score (nSPS) is 20.1. The minimum Gasteiger partial charge on any atom is -0.394 e. The lowest BCUT2D eigenvalue weighted by atomic mass is 10.0. The zero-order chi connectivity index (χ0) is 12.0. The smallest absolute Gasteiger partial charge is 0.0623 e. The van der Waals surface area contributed by atoms with E-state index in [1.807, 2.05) is 0 Å². The van der Waals surface area contributed by atoms with Crippen molar-refractivity contribution in [3.63, 3.8) is 0 Å². The number of ether oxygens (including phenoxy) is 1. The van der Waals surface area contributed by atoms with E-state index < -0.39 is 0 Å². The molecule has 0 amide bonds. The van der Waals surface area contributed by atoms with Crippen molar-refractivity contribution in [3.8, 4) is 0 Å². The van der Waals surface area contributed by atoms with Gasteiger partial charge in [0.1, 0.15) is 0 Å². The van der Waals surface area contributed by atoms with Crippen LogP contribution in [0.15, 0.2) is 0 Å². The summed E-state index contributed by atoms with van der Waals surface area (Å²) >= 11 is 0. The fourth-order valence-corrected chi connectivity index (χ4v) is 1.92. The first kappa shape index (κ1) is 13.9. The van der Waals surface area contributed by atoms with Crippen LogP contribution in [0.5, 0.6) is 0 Å². The molecule has 0 heterocycles. The van der Waals surface area contributed by atoms with Crippen LogP contribution in [0.25, 0.3) is 0 Å². The summed E-state index contributed by atoms with van der Waals surface area (Å²) in [5.41, 5.74) is -0.176. The molecule has 1 fully saturated rings. The number of methoxy groups -OCH3 is 1. The maximum Gasteiger partial charge on any atom is 0.0623 e. The molecule has 0 radical (unpaired) electrons. The molecule has 0 aromatic carbocycles. The third-order valence-corrected chi connectivity index (χ3v) is 3.11. The summed E-state index contributed by atoms with van der Waals surface area (Å²) in [6, 6.07) is 0.623. The van der Waals surface area contributed by atoms with Crippen molar-refractivity contribution in [1.82, 2.24) is 10.2 Å². The fourth-order valence-electron chi connectivity index (χ4n) is 1.92. The molecule has 1 rings (SSSR count). The molecule has 1 aliphatic carbocycles. The van der Waals surface area contributed by atoms with E-state index in [4.69, 9.17) is 4.74 Å². The summed E-state index contributed by atoms with van der Waals surface area (Å²) in [4.78, 5) is 2.31. The first-order chi connectivity index (χ1) is 7.63. The minimum absolute atomic E-state index is 0.176. The van der Waals surface area contributed by atoms with Gasteiger partial charge in [0.05, 0.1) is 18.8 Å². The lowest BCUT2D eigenvalue weighted by molar-refractivity contribution is 0.0969. The second kappa shape index (κ2) is 6.55. The summed E-state index contributed by atoms with van der Waals surface area (Å²) in [6.45, 7) is 7.97.